The predicted molar refractivity (Wildman–Crippen MR) is 83.3 cm³/mol. The Labute approximate surface area is 137 Å². The van der Waals surface area contributed by atoms with Gasteiger partial charge in [-0.3, -0.25) is 4.98 Å². The molecule has 0 aliphatic heterocycles. The first-order valence-corrected chi connectivity index (χ1v) is 7.80. The van der Waals surface area contributed by atoms with Crippen molar-refractivity contribution in [2.75, 3.05) is 0 Å². The van der Waals surface area contributed by atoms with E-state index in [2.05, 4.69) is 15.1 Å². The first kappa shape index (κ1) is 14.9. The van der Waals surface area contributed by atoms with Crippen LogP contribution < -0.4 is 0 Å². The third-order valence-electron chi connectivity index (χ3n) is 4.62. The van der Waals surface area contributed by atoms with Crippen LogP contribution in [-0.2, 0) is 5.41 Å². The van der Waals surface area contributed by atoms with E-state index >= 15 is 0 Å². The van der Waals surface area contributed by atoms with Crippen molar-refractivity contribution in [1.29, 1.82) is 0 Å². The van der Waals surface area contributed by atoms with Crippen molar-refractivity contribution in [3.8, 4) is 11.4 Å². The summed E-state index contributed by atoms with van der Waals surface area (Å²) in [5.74, 6) is -0.375. The molecule has 0 spiro atoms. The normalized spacial score (nSPS) is 16.0. The summed E-state index contributed by atoms with van der Waals surface area (Å²) in [4.78, 5) is 8.60. The summed E-state index contributed by atoms with van der Waals surface area (Å²) in [6.45, 7) is 1.93. The van der Waals surface area contributed by atoms with Crippen LogP contribution in [0.5, 0.6) is 0 Å². The predicted octanol–water partition coefficient (Wildman–Crippen LogP) is 4.19. The number of hydrogen-bond donors (Lipinski definition) is 0. The molecule has 4 rings (SSSR count). The van der Waals surface area contributed by atoms with E-state index < -0.39 is 17.0 Å². The molecule has 0 N–H and O–H groups in total. The molecule has 0 amide bonds. The lowest BCUT2D eigenvalue weighted by molar-refractivity contribution is 0.211. The molecule has 6 heteroatoms. The molecule has 1 aromatic carbocycles. The van der Waals surface area contributed by atoms with Crippen molar-refractivity contribution in [2.45, 2.75) is 31.6 Å². The van der Waals surface area contributed by atoms with Gasteiger partial charge in [-0.15, -0.1) is 0 Å². The first-order chi connectivity index (χ1) is 11.6. The monoisotopic (exact) mass is 327 g/mol. The molecular weight excluding hydrogens is 312 g/mol. The lowest BCUT2D eigenvalue weighted by Crippen LogP contribution is -2.36. The Morgan fingerprint density at radius 3 is 2.62 bits per heavy atom. The van der Waals surface area contributed by atoms with Crippen molar-refractivity contribution in [3.05, 3.63) is 65.3 Å². The highest BCUT2D eigenvalue weighted by molar-refractivity contribution is 5.54. The van der Waals surface area contributed by atoms with Crippen molar-refractivity contribution < 1.29 is 13.3 Å². The Morgan fingerprint density at radius 2 is 1.96 bits per heavy atom. The summed E-state index contributed by atoms with van der Waals surface area (Å²) in [6, 6.07) is 5.55. The average Bonchev–Trinajstić information content (AvgIpc) is 2.98. The van der Waals surface area contributed by atoms with Crippen LogP contribution in [0.25, 0.3) is 11.4 Å². The Bertz CT molecular complexity index is 903. The molecule has 0 unspecified atom stereocenters. The van der Waals surface area contributed by atoms with Crippen LogP contribution in [0.15, 0.2) is 41.2 Å². The van der Waals surface area contributed by atoms with Crippen LogP contribution in [0.4, 0.5) is 8.78 Å². The Kier molecular flexibility index (Phi) is 3.40. The van der Waals surface area contributed by atoms with Gasteiger partial charge in [0.2, 0.25) is 11.7 Å². The number of nitrogens with zero attached hydrogens (tertiary/aromatic N) is 3. The van der Waals surface area contributed by atoms with Gasteiger partial charge in [0.1, 0.15) is 11.6 Å². The third-order valence-corrected chi connectivity index (χ3v) is 4.62. The van der Waals surface area contributed by atoms with E-state index in [1.807, 2.05) is 13.0 Å². The SMILES string of the molecule is Cc1cncc(-c2noc(C3(c4ccc(F)cc4F)CCC3)n2)c1. The molecule has 2 heterocycles. The minimum Gasteiger partial charge on any atom is -0.338 e. The van der Waals surface area contributed by atoms with Gasteiger partial charge >= 0.3 is 0 Å². The minimum atomic E-state index is -0.666. The molecular formula is C18H15F2N3O. The molecule has 122 valence electrons. The van der Waals surface area contributed by atoms with Crippen LogP contribution in [0.1, 0.15) is 36.3 Å². The number of benzene rings is 1. The van der Waals surface area contributed by atoms with Crippen LogP contribution in [0.3, 0.4) is 0 Å². The van der Waals surface area contributed by atoms with E-state index in [4.69, 9.17) is 4.52 Å². The summed E-state index contributed by atoms with van der Waals surface area (Å²) < 4.78 is 33.0. The summed E-state index contributed by atoms with van der Waals surface area (Å²) in [5.41, 5.74) is 1.48. The van der Waals surface area contributed by atoms with E-state index in [1.54, 1.807) is 12.4 Å². The van der Waals surface area contributed by atoms with Gasteiger partial charge < -0.3 is 4.52 Å². The Hall–Kier alpha value is -2.63. The molecule has 24 heavy (non-hydrogen) atoms. The molecule has 2 aromatic heterocycles. The quantitative estimate of drug-likeness (QED) is 0.724. The largest absolute Gasteiger partial charge is 0.338 e. The summed E-state index contributed by atoms with van der Waals surface area (Å²) in [5, 5.41) is 4.03. The maximum absolute atomic E-state index is 14.3. The number of rotatable bonds is 3. The molecule has 1 fully saturated rings. The van der Waals surface area contributed by atoms with Crippen LogP contribution in [0.2, 0.25) is 0 Å². The van der Waals surface area contributed by atoms with Gasteiger partial charge in [0.25, 0.3) is 0 Å². The van der Waals surface area contributed by atoms with E-state index in [0.717, 1.165) is 23.6 Å². The summed E-state index contributed by atoms with van der Waals surface area (Å²) in [7, 11) is 0. The Balaban J connectivity index is 1.77. The first-order valence-electron chi connectivity index (χ1n) is 7.80. The van der Waals surface area contributed by atoms with Crippen molar-refractivity contribution >= 4 is 0 Å². The minimum absolute atomic E-state index is 0.371. The van der Waals surface area contributed by atoms with Gasteiger partial charge in [0.15, 0.2) is 0 Å². The standard InChI is InChI=1S/C18H15F2N3O/c1-11-7-12(10-21-9-11)16-22-17(24-23-16)18(5-2-6-18)14-4-3-13(19)8-15(14)20/h3-4,7-10H,2,5-6H2,1H3. The van der Waals surface area contributed by atoms with Gasteiger partial charge in [-0.05, 0) is 37.5 Å². The van der Waals surface area contributed by atoms with E-state index in [1.165, 1.54) is 12.1 Å². The van der Waals surface area contributed by atoms with Crippen LogP contribution in [0, 0.1) is 18.6 Å². The highest BCUT2D eigenvalue weighted by Gasteiger charge is 2.47. The molecule has 0 atom stereocenters. The number of pyridine rings is 1. The fourth-order valence-corrected chi connectivity index (χ4v) is 3.22. The summed E-state index contributed by atoms with van der Waals surface area (Å²) in [6.07, 6.45) is 5.73. The molecule has 0 radical (unpaired) electrons. The third kappa shape index (κ3) is 2.29. The van der Waals surface area contributed by atoms with Crippen LogP contribution >= 0.6 is 0 Å². The maximum Gasteiger partial charge on any atom is 0.237 e. The number of halogens is 2. The average molecular weight is 327 g/mol. The maximum atomic E-state index is 14.3. The molecule has 1 saturated carbocycles. The fraction of sp³-hybridized carbons (Fsp3) is 0.278. The zero-order chi connectivity index (χ0) is 16.7. The second kappa shape index (κ2) is 5.47. The zero-order valence-corrected chi connectivity index (χ0v) is 13.1. The zero-order valence-electron chi connectivity index (χ0n) is 13.1. The van der Waals surface area contributed by atoms with Crippen molar-refractivity contribution in [3.63, 3.8) is 0 Å². The number of aryl methyl sites for hydroxylation is 1. The van der Waals surface area contributed by atoms with Gasteiger partial charge in [-0.25, -0.2) is 8.78 Å². The van der Waals surface area contributed by atoms with Gasteiger partial charge in [0, 0.05) is 29.6 Å². The highest BCUT2D eigenvalue weighted by Crippen LogP contribution is 2.49. The number of hydrogen-bond acceptors (Lipinski definition) is 4. The topological polar surface area (TPSA) is 51.8 Å². The summed E-state index contributed by atoms with van der Waals surface area (Å²) >= 11 is 0. The lowest BCUT2D eigenvalue weighted by atomic mass is 9.64. The molecule has 3 aromatic rings. The lowest BCUT2D eigenvalue weighted by Gasteiger charge is -2.38. The second-order valence-electron chi connectivity index (χ2n) is 6.23. The van der Waals surface area contributed by atoms with E-state index in [0.29, 0.717) is 30.1 Å². The highest BCUT2D eigenvalue weighted by atomic mass is 19.1. The Morgan fingerprint density at radius 1 is 1.12 bits per heavy atom. The van der Waals surface area contributed by atoms with Crippen molar-refractivity contribution in [1.82, 2.24) is 15.1 Å². The second-order valence-corrected chi connectivity index (χ2v) is 6.23. The van der Waals surface area contributed by atoms with Crippen LogP contribution in [-0.4, -0.2) is 15.1 Å². The number of aromatic nitrogens is 3. The van der Waals surface area contributed by atoms with Crippen molar-refractivity contribution in [2.24, 2.45) is 0 Å². The molecule has 0 bridgehead atoms. The molecule has 4 nitrogen and oxygen atoms in total. The smallest absolute Gasteiger partial charge is 0.237 e. The van der Waals surface area contributed by atoms with Gasteiger partial charge in [-0.1, -0.05) is 17.6 Å². The van der Waals surface area contributed by atoms with E-state index in [-0.39, 0.29) is 0 Å². The fourth-order valence-electron chi connectivity index (χ4n) is 3.22. The molecule has 1 aliphatic rings. The van der Waals surface area contributed by atoms with Gasteiger partial charge in [-0.2, -0.15) is 4.98 Å². The van der Waals surface area contributed by atoms with Gasteiger partial charge in [0.05, 0.1) is 5.41 Å². The molecule has 1 aliphatic carbocycles. The molecule has 0 saturated heterocycles. The van der Waals surface area contributed by atoms with E-state index in [9.17, 15) is 8.78 Å².